The van der Waals surface area contributed by atoms with E-state index in [9.17, 15) is 4.79 Å². The number of unbranched alkanes of at least 4 members (excludes halogenated alkanes) is 2. The fourth-order valence-electron chi connectivity index (χ4n) is 0.983. The fourth-order valence-corrected chi connectivity index (χ4v) is 0.983. The maximum Gasteiger partial charge on any atom is 0.220 e. The van der Waals surface area contributed by atoms with Crippen LogP contribution >= 0.6 is 0 Å². The molecular formula is C11H20N2O. The normalized spacial score (nSPS) is 10.7. The van der Waals surface area contributed by atoms with Gasteiger partial charge in [-0.2, -0.15) is 5.26 Å². The Hall–Kier alpha value is -1.04. The first-order chi connectivity index (χ1) is 6.52. The summed E-state index contributed by atoms with van der Waals surface area (Å²) in [6, 6.07) is 2.15. The third kappa shape index (κ3) is 6.47. The zero-order chi connectivity index (χ0) is 11.0. The Morgan fingerprint density at radius 2 is 2.07 bits per heavy atom. The van der Waals surface area contributed by atoms with E-state index in [2.05, 4.69) is 18.3 Å². The van der Waals surface area contributed by atoms with E-state index >= 15 is 0 Å². The van der Waals surface area contributed by atoms with E-state index in [1.165, 1.54) is 0 Å². The van der Waals surface area contributed by atoms with Crippen molar-refractivity contribution < 1.29 is 4.79 Å². The van der Waals surface area contributed by atoms with Crippen molar-refractivity contribution in [3.63, 3.8) is 0 Å². The zero-order valence-electron chi connectivity index (χ0n) is 9.39. The summed E-state index contributed by atoms with van der Waals surface area (Å²) < 4.78 is 0. The molecule has 0 aliphatic carbocycles. The molecular weight excluding hydrogens is 176 g/mol. The lowest BCUT2D eigenvalue weighted by molar-refractivity contribution is -0.121. The molecule has 0 spiro atoms. The Balaban J connectivity index is 3.60. The summed E-state index contributed by atoms with van der Waals surface area (Å²) in [6.07, 6.45) is 3.73. The lowest BCUT2D eigenvalue weighted by Gasteiger charge is -2.15. The Labute approximate surface area is 86.5 Å². The number of hydrogen-bond acceptors (Lipinski definition) is 2. The van der Waals surface area contributed by atoms with E-state index in [1.54, 1.807) is 0 Å². The molecule has 0 radical (unpaired) electrons. The molecule has 80 valence electrons. The van der Waals surface area contributed by atoms with Gasteiger partial charge in [0.2, 0.25) is 5.91 Å². The third-order valence-corrected chi connectivity index (χ3v) is 2.04. The number of nitrogens with one attached hydrogen (secondary N) is 1. The van der Waals surface area contributed by atoms with E-state index in [1.807, 2.05) is 13.8 Å². The molecule has 0 bridgehead atoms. The van der Waals surface area contributed by atoms with Gasteiger partial charge in [-0.3, -0.25) is 4.79 Å². The monoisotopic (exact) mass is 196 g/mol. The van der Waals surface area contributed by atoms with Crippen molar-refractivity contribution in [2.75, 3.05) is 6.54 Å². The molecule has 0 aromatic heterocycles. The van der Waals surface area contributed by atoms with Crippen molar-refractivity contribution in [3.05, 3.63) is 0 Å². The van der Waals surface area contributed by atoms with Gasteiger partial charge in [0, 0.05) is 13.0 Å². The van der Waals surface area contributed by atoms with Crippen LogP contribution < -0.4 is 5.32 Å². The molecule has 3 heteroatoms. The highest BCUT2D eigenvalue weighted by molar-refractivity contribution is 5.75. The van der Waals surface area contributed by atoms with Gasteiger partial charge in [-0.05, 0) is 20.3 Å². The Kier molecular flexibility index (Phi) is 5.94. The third-order valence-electron chi connectivity index (χ3n) is 2.04. The summed E-state index contributed by atoms with van der Waals surface area (Å²) in [5, 5.41) is 11.5. The molecule has 0 fully saturated rings. The number of carbonyl (C=O) groups excluding carboxylic acids is 1. The summed E-state index contributed by atoms with van der Waals surface area (Å²) in [5.74, 6) is 0.0572. The number of carbonyl (C=O) groups is 1. The molecule has 1 N–H and O–H groups in total. The van der Waals surface area contributed by atoms with E-state index in [0.717, 1.165) is 19.3 Å². The van der Waals surface area contributed by atoms with Crippen molar-refractivity contribution in [1.29, 1.82) is 5.26 Å². The molecule has 0 rings (SSSR count). The van der Waals surface area contributed by atoms with Gasteiger partial charge in [0.05, 0.1) is 11.5 Å². The minimum atomic E-state index is -0.458. The van der Waals surface area contributed by atoms with Gasteiger partial charge in [-0.15, -0.1) is 0 Å². The predicted octanol–water partition coefficient (Wildman–Crippen LogP) is 2.23. The van der Waals surface area contributed by atoms with Crippen molar-refractivity contribution >= 4 is 5.91 Å². The van der Waals surface area contributed by atoms with E-state index in [4.69, 9.17) is 5.26 Å². The van der Waals surface area contributed by atoms with Gasteiger partial charge >= 0.3 is 0 Å². The lowest BCUT2D eigenvalue weighted by Crippen LogP contribution is -2.32. The Morgan fingerprint density at radius 1 is 1.43 bits per heavy atom. The second-order valence-corrected chi connectivity index (χ2v) is 4.23. The topological polar surface area (TPSA) is 52.9 Å². The van der Waals surface area contributed by atoms with Crippen LogP contribution in [0.3, 0.4) is 0 Å². The highest BCUT2D eigenvalue weighted by Crippen LogP contribution is 2.10. The highest BCUT2D eigenvalue weighted by atomic mass is 16.1. The molecule has 0 atom stereocenters. The van der Waals surface area contributed by atoms with Crippen LogP contribution in [0, 0.1) is 16.7 Å². The minimum Gasteiger partial charge on any atom is -0.355 e. The van der Waals surface area contributed by atoms with Crippen molar-refractivity contribution in [3.8, 4) is 6.07 Å². The van der Waals surface area contributed by atoms with E-state index in [0.29, 0.717) is 13.0 Å². The fraction of sp³-hybridized carbons (Fsp3) is 0.818. The summed E-state index contributed by atoms with van der Waals surface area (Å²) >= 11 is 0. The minimum absolute atomic E-state index is 0.0572. The van der Waals surface area contributed by atoms with Crippen LogP contribution in [-0.4, -0.2) is 12.5 Å². The molecule has 0 aromatic rings. The number of rotatable bonds is 6. The zero-order valence-corrected chi connectivity index (χ0v) is 9.39. The summed E-state index contributed by atoms with van der Waals surface area (Å²) in [5.41, 5.74) is -0.458. The molecule has 0 saturated heterocycles. The van der Waals surface area contributed by atoms with Crippen LogP contribution in [0.5, 0.6) is 0 Å². The van der Waals surface area contributed by atoms with Crippen molar-refractivity contribution in [2.24, 2.45) is 5.41 Å². The van der Waals surface area contributed by atoms with Gasteiger partial charge in [0.25, 0.3) is 0 Å². The average molecular weight is 196 g/mol. The first-order valence-corrected chi connectivity index (χ1v) is 5.20. The van der Waals surface area contributed by atoms with Crippen LogP contribution in [0.25, 0.3) is 0 Å². The molecule has 0 saturated carbocycles. The highest BCUT2D eigenvalue weighted by Gasteiger charge is 2.17. The number of nitrogens with zero attached hydrogens (tertiary/aromatic N) is 1. The SMILES string of the molecule is CCCCCC(=O)NCC(C)(C)C#N. The number of hydrogen-bond donors (Lipinski definition) is 1. The van der Waals surface area contributed by atoms with Gasteiger partial charge < -0.3 is 5.32 Å². The Bertz CT molecular complexity index is 216. The summed E-state index contributed by atoms with van der Waals surface area (Å²) in [4.78, 5) is 11.3. The predicted molar refractivity (Wildman–Crippen MR) is 56.5 cm³/mol. The van der Waals surface area contributed by atoms with Crippen LogP contribution in [0.15, 0.2) is 0 Å². The van der Waals surface area contributed by atoms with Gasteiger partial charge in [-0.1, -0.05) is 19.8 Å². The molecule has 0 aliphatic rings. The van der Waals surface area contributed by atoms with Crippen molar-refractivity contribution in [2.45, 2.75) is 46.5 Å². The molecule has 1 amide bonds. The van der Waals surface area contributed by atoms with Crippen LogP contribution in [0.4, 0.5) is 0 Å². The van der Waals surface area contributed by atoms with Crippen molar-refractivity contribution in [1.82, 2.24) is 5.32 Å². The largest absolute Gasteiger partial charge is 0.355 e. The van der Waals surface area contributed by atoms with E-state index in [-0.39, 0.29) is 5.91 Å². The maximum atomic E-state index is 11.3. The van der Waals surface area contributed by atoms with Crippen LogP contribution in [0.1, 0.15) is 46.5 Å². The van der Waals surface area contributed by atoms with Crippen LogP contribution in [0.2, 0.25) is 0 Å². The second kappa shape index (κ2) is 6.42. The first-order valence-electron chi connectivity index (χ1n) is 5.20. The first kappa shape index (κ1) is 13.0. The molecule has 3 nitrogen and oxygen atoms in total. The lowest BCUT2D eigenvalue weighted by atomic mass is 9.96. The van der Waals surface area contributed by atoms with Gasteiger partial charge in [0.15, 0.2) is 0 Å². The van der Waals surface area contributed by atoms with E-state index < -0.39 is 5.41 Å². The molecule has 0 unspecified atom stereocenters. The molecule has 0 aromatic carbocycles. The van der Waals surface area contributed by atoms with Gasteiger partial charge in [0.1, 0.15) is 0 Å². The molecule has 14 heavy (non-hydrogen) atoms. The standard InChI is InChI=1S/C11H20N2O/c1-4-5-6-7-10(14)13-9-11(2,3)8-12/h4-7,9H2,1-3H3,(H,13,14). The average Bonchev–Trinajstić information content (AvgIpc) is 2.16. The van der Waals surface area contributed by atoms with Gasteiger partial charge in [-0.25, -0.2) is 0 Å². The second-order valence-electron chi connectivity index (χ2n) is 4.23. The summed E-state index contributed by atoms with van der Waals surface area (Å²) in [7, 11) is 0. The smallest absolute Gasteiger partial charge is 0.220 e. The molecule has 0 heterocycles. The number of amides is 1. The van der Waals surface area contributed by atoms with Crippen LogP contribution in [-0.2, 0) is 4.79 Å². The quantitative estimate of drug-likeness (QED) is 0.662. The number of nitriles is 1. The Morgan fingerprint density at radius 3 is 2.57 bits per heavy atom. The molecule has 0 aliphatic heterocycles. The maximum absolute atomic E-state index is 11.3. The summed E-state index contributed by atoms with van der Waals surface area (Å²) in [6.45, 7) is 6.18.